The molecule has 2 rings (SSSR count). The predicted molar refractivity (Wildman–Crippen MR) is 115 cm³/mol. The van der Waals surface area contributed by atoms with Crippen LogP contribution in [0.1, 0.15) is 33.6 Å². The number of morpholine rings is 1. The molecular weight excluding hydrogens is 426 g/mol. The van der Waals surface area contributed by atoms with Gasteiger partial charge in [0.1, 0.15) is 16.2 Å². The number of carbonyl (C=O) groups is 2. The van der Waals surface area contributed by atoms with Crippen LogP contribution in [0.3, 0.4) is 0 Å². The van der Waals surface area contributed by atoms with Gasteiger partial charge in [-0.1, -0.05) is 0 Å². The third-order valence-electron chi connectivity index (χ3n) is 4.28. The van der Waals surface area contributed by atoms with Crippen LogP contribution in [-0.4, -0.2) is 70.3 Å². The van der Waals surface area contributed by atoms with Crippen LogP contribution in [0.2, 0.25) is 0 Å². The largest absolute Gasteiger partial charge is 0.495 e. The molecule has 2 amide bonds. The van der Waals surface area contributed by atoms with Crippen LogP contribution in [-0.2, 0) is 24.3 Å². The summed E-state index contributed by atoms with van der Waals surface area (Å²) in [6.45, 7) is 6.75. The van der Waals surface area contributed by atoms with E-state index in [0.29, 0.717) is 25.3 Å². The van der Waals surface area contributed by atoms with Crippen molar-refractivity contribution in [2.45, 2.75) is 44.1 Å². The molecule has 0 aliphatic carbocycles. The van der Waals surface area contributed by atoms with Gasteiger partial charge in [-0.2, -0.15) is 4.31 Å². The van der Waals surface area contributed by atoms with Crippen molar-refractivity contribution in [1.29, 1.82) is 0 Å². The molecule has 2 N–H and O–H groups in total. The molecule has 0 radical (unpaired) electrons. The third-order valence-corrected chi connectivity index (χ3v) is 6.20. The number of nitrogens with zero attached hydrogens (tertiary/aromatic N) is 1. The van der Waals surface area contributed by atoms with Crippen LogP contribution in [0.15, 0.2) is 23.1 Å². The van der Waals surface area contributed by atoms with E-state index in [0.717, 1.165) is 0 Å². The minimum absolute atomic E-state index is 0.0127. The van der Waals surface area contributed by atoms with Crippen molar-refractivity contribution in [2.24, 2.45) is 0 Å². The van der Waals surface area contributed by atoms with Gasteiger partial charge in [0.05, 0.1) is 20.3 Å². The highest BCUT2D eigenvalue weighted by Gasteiger charge is 2.29. The van der Waals surface area contributed by atoms with E-state index in [1.54, 1.807) is 26.8 Å². The van der Waals surface area contributed by atoms with E-state index in [9.17, 15) is 18.0 Å². The van der Waals surface area contributed by atoms with Gasteiger partial charge in [0.2, 0.25) is 15.9 Å². The Morgan fingerprint density at radius 2 is 1.87 bits per heavy atom. The van der Waals surface area contributed by atoms with Crippen molar-refractivity contribution < 1.29 is 32.2 Å². The lowest BCUT2D eigenvalue weighted by atomic mass is 10.2. The molecule has 0 saturated carbocycles. The average Bonchev–Trinajstić information content (AvgIpc) is 2.70. The summed E-state index contributed by atoms with van der Waals surface area (Å²) in [6.07, 6.45) is 0.00843. The second kappa shape index (κ2) is 10.8. The maximum atomic E-state index is 13.0. The van der Waals surface area contributed by atoms with E-state index in [4.69, 9.17) is 14.2 Å². The van der Waals surface area contributed by atoms with Crippen molar-refractivity contribution in [2.75, 3.05) is 45.3 Å². The summed E-state index contributed by atoms with van der Waals surface area (Å²) in [4.78, 5) is 23.8. The standard InChI is InChI=1S/C20H31N3O7S/c1-20(2,3)30-19(25)21-9-5-6-18(24)22-15-7-8-16(28-4)17(14-15)31(26,27)23-10-12-29-13-11-23/h7-8,14H,5-6,9-13H2,1-4H3,(H,21,25)(H,22,24). The van der Waals surface area contributed by atoms with E-state index in [2.05, 4.69) is 10.6 Å². The monoisotopic (exact) mass is 457 g/mol. The Morgan fingerprint density at radius 3 is 2.48 bits per heavy atom. The first-order valence-electron chi connectivity index (χ1n) is 10.1. The van der Waals surface area contributed by atoms with Gasteiger partial charge in [0.25, 0.3) is 0 Å². The smallest absolute Gasteiger partial charge is 0.407 e. The van der Waals surface area contributed by atoms with Gasteiger partial charge >= 0.3 is 6.09 Å². The maximum Gasteiger partial charge on any atom is 0.407 e. The zero-order valence-corrected chi connectivity index (χ0v) is 19.2. The van der Waals surface area contributed by atoms with Crippen molar-refractivity contribution in [1.82, 2.24) is 9.62 Å². The van der Waals surface area contributed by atoms with Gasteiger partial charge in [-0.15, -0.1) is 0 Å². The Hall–Kier alpha value is -2.37. The molecule has 1 aliphatic rings. The molecule has 0 aromatic heterocycles. The summed E-state index contributed by atoms with van der Waals surface area (Å²) in [6, 6.07) is 4.47. The number of hydrogen-bond donors (Lipinski definition) is 2. The number of ether oxygens (including phenoxy) is 3. The molecule has 1 aromatic rings. The first-order chi connectivity index (χ1) is 14.5. The van der Waals surface area contributed by atoms with E-state index in [-0.39, 0.29) is 42.6 Å². The van der Waals surface area contributed by atoms with Crippen molar-refractivity contribution in [3.63, 3.8) is 0 Å². The number of nitrogens with one attached hydrogen (secondary N) is 2. The third kappa shape index (κ3) is 7.67. The minimum atomic E-state index is -3.79. The van der Waals surface area contributed by atoms with Gasteiger partial charge in [-0.25, -0.2) is 13.2 Å². The van der Waals surface area contributed by atoms with Crippen LogP contribution in [0.25, 0.3) is 0 Å². The lowest BCUT2D eigenvalue weighted by Gasteiger charge is -2.26. The number of amides is 2. The van der Waals surface area contributed by atoms with Crippen molar-refractivity contribution in [3.05, 3.63) is 18.2 Å². The summed E-state index contributed by atoms with van der Waals surface area (Å²) in [5.74, 6) is -0.100. The highest BCUT2D eigenvalue weighted by atomic mass is 32.2. The van der Waals surface area contributed by atoms with E-state index in [1.807, 2.05) is 0 Å². The second-order valence-electron chi connectivity index (χ2n) is 7.96. The fourth-order valence-electron chi connectivity index (χ4n) is 2.86. The fourth-order valence-corrected chi connectivity index (χ4v) is 4.45. The molecule has 1 fully saturated rings. The van der Waals surface area contributed by atoms with Crippen LogP contribution >= 0.6 is 0 Å². The summed E-state index contributed by atoms with van der Waals surface area (Å²) in [5, 5.41) is 5.28. The van der Waals surface area contributed by atoms with Crippen LogP contribution in [0.5, 0.6) is 5.75 Å². The molecule has 11 heteroatoms. The van der Waals surface area contributed by atoms with Gasteiger partial charge in [0, 0.05) is 31.7 Å². The highest BCUT2D eigenvalue weighted by molar-refractivity contribution is 7.89. The Labute approximate surface area is 183 Å². The Bertz CT molecular complexity index is 875. The Kier molecular flexibility index (Phi) is 8.66. The normalized spacial score (nSPS) is 15.2. The second-order valence-corrected chi connectivity index (χ2v) is 9.87. The molecule has 10 nitrogen and oxygen atoms in total. The summed E-state index contributed by atoms with van der Waals surface area (Å²) in [5.41, 5.74) is -0.243. The molecule has 0 unspecified atom stereocenters. The van der Waals surface area contributed by atoms with Crippen LogP contribution in [0, 0.1) is 0 Å². The number of alkyl carbamates (subject to hydrolysis) is 1. The molecule has 1 aliphatic heterocycles. The predicted octanol–water partition coefficient (Wildman–Crippen LogP) is 1.96. The van der Waals surface area contributed by atoms with E-state index < -0.39 is 21.7 Å². The lowest BCUT2D eigenvalue weighted by Crippen LogP contribution is -2.40. The van der Waals surface area contributed by atoms with Crippen molar-refractivity contribution in [3.8, 4) is 5.75 Å². The van der Waals surface area contributed by atoms with E-state index >= 15 is 0 Å². The van der Waals surface area contributed by atoms with Gasteiger partial charge in [-0.3, -0.25) is 4.79 Å². The van der Waals surface area contributed by atoms with Gasteiger partial charge < -0.3 is 24.8 Å². The van der Waals surface area contributed by atoms with Crippen molar-refractivity contribution >= 4 is 27.7 Å². The Morgan fingerprint density at radius 1 is 1.19 bits per heavy atom. The van der Waals surface area contributed by atoms with E-state index in [1.165, 1.54) is 23.5 Å². The topological polar surface area (TPSA) is 123 Å². The first kappa shape index (κ1) is 24.9. The zero-order chi connectivity index (χ0) is 23.1. The average molecular weight is 458 g/mol. The molecule has 1 aromatic carbocycles. The number of carbonyl (C=O) groups excluding carboxylic acids is 2. The Balaban J connectivity index is 1.95. The number of benzene rings is 1. The first-order valence-corrected chi connectivity index (χ1v) is 11.5. The summed E-state index contributed by atoms with van der Waals surface area (Å²) >= 11 is 0. The maximum absolute atomic E-state index is 13.0. The molecule has 0 bridgehead atoms. The lowest BCUT2D eigenvalue weighted by molar-refractivity contribution is -0.116. The highest BCUT2D eigenvalue weighted by Crippen LogP contribution is 2.30. The molecule has 31 heavy (non-hydrogen) atoms. The molecule has 1 heterocycles. The van der Waals surface area contributed by atoms with Gasteiger partial charge in [-0.05, 0) is 45.4 Å². The number of rotatable bonds is 8. The van der Waals surface area contributed by atoms with Gasteiger partial charge in [0.15, 0.2) is 0 Å². The quantitative estimate of drug-likeness (QED) is 0.572. The molecule has 174 valence electrons. The van der Waals surface area contributed by atoms with Crippen LogP contribution < -0.4 is 15.4 Å². The van der Waals surface area contributed by atoms with Crippen LogP contribution in [0.4, 0.5) is 10.5 Å². The molecule has 0 spiro atoms. The fraction of sp³-hybridized carbons (Fsp3) is 0.600. The molecule has 1 saturated heterocycles. The number of methoxy groups -OCH3 is 1. The molecular formula is C20H31N3O7S. The zero-order valence-electron chi connectivity index (χ0n) is 18.4. The number of sulfonamides is 1. The summed E-state index contributed by atoms with van der Waals surface area (Å²) in [7, 11) is -2.40. The number of anilines is 1. The molecule has 0 atom stereocenters. The SMILES string of the molecule is COc1ccc(NC(=O)CCCNC(=O)OC(C)(C)C)cc1S(=O)(=O)N1CCOCC1. The minimum Gasteiger partial charge on any atom is -0.495 e. The summed E-state index contributed by atoms with van der Waals surface area (Å²) < 4.78 is 42.9. The number of hydrogen-bond acceptors (Lipinski definition) is 7.